The van der Waals surface area contributed by atoms with E-state index in [1.807, 2.05) is 7.05 Å². The van der Waals surface area contributed by atoms with Gasteiger partial charge in [-0.1, -0.05) is 55.6 Å². The molecule has 0 spiro atoms. The number of alkyl halides is 3. The highest BCUT2D eigenvalue weighted by atomic mass is 35.6. The molecule has 0 unspecified atom stereocenters. The van der Waals surface area contributed by atoms with E-state index in [4.69, 9.17) is 39.9 Å². The molecule has 0 aromatic heterocycles. The zero-order chi connectivity index (χ0) is 14.7. The van der Waals surface area contributed by atoms with Crippen LogP contribution in [0.15, 0.2) is 0 Å². The van der Waals surface area contributed by atoms with E-state index in [-0.39, 0.29) is 17.5 Å². The van der Waals surface area contributed by atoms with Crippen LogP contribution in [-0.4, -0.2) is 45.4 Å². The predicted octanol–water partition coefficient (Wildman–Crippen LogP) is 1.86. The molecule has 1 atom stereocenters. The maximum Gasteiger partial charge on any atom is 0.356 e. The van der Waals surface area contributed by atoms with Gasteiger partial charge in [-0.3, -0.25) is 10.1 Å². The molecule has 5 nitrogen and oxygen atoms in total. The number of amides is 1. The van der Waals surface area contributed by atoms with Gasteiger partial charge in [0.15, 0.2) is 0 Å². The van der Waals surface area contributed by atoms with Gasteiger partial charge in [0.1, 0.15) is 0 Å². The second-order valence-electron chi connectivity index (χ2n) is 4.96. The molecule has 1 amide bonds. The fraction of sp³-hybridized carbons (Fsp3) is 0.800. The van der Waals surface area contributed by atoms with Gasteiger partial charge in [-0.15, -0.1) is 0 Å². The van der Waals surface area contributed by atoms with Crippen LogP contribution in [0.1, 0.15) is 20.8 Å². The van der Waals surface area contributed by atoms with E-state index in [1.54, 1.807) is 4.90 Å². The van der Waals surface area contributed by atoms with Gasteiger partial charge < -0.3 is 10.0 Å². The SMILES string of the molecule is CN1C(=O)CN[C@@H]1C(C)(C)C.O=C(O)C(Cl)(Cl)Cl. The van der Waals surface area contributed by atoms with Gasteiger partial charge in [-0.05, 0) is 5.41 Å². The Morgan fingerprint density at radius 1 is 1.39 bits per heavy atom. The van der Waals surface area contributed by atoms with Crippen LogP contribution in [0.3, 0.4) is 0 Å². The first kappa shape index (κ1) is 17.8. The normalized spacial score (nSPS) is 20.5. The molecule has 0 aromatic rings. The number of hydrogen-bond donors (Lipinski definition) is 2. The molecule has 2 N–H and O–H groups in total. The summed E-state index contributed by atoms with van der Waals surface area (Å²) >= 11 is 14.4. The Labute approximate surface area is 121 Å². The van der Waals surface area contributed by atoms with Crippen LogP contribution in [0.5, 0.6) is 0 Å². The number of hydrogen-bond acceptors (Lipinski definition) is 3. The topological polar surface area (TPSA) is 69.6 Å². The van der Waals surface area contributed by atoms with Crippen LogP contribution in [0.4, 0.5) is 0 Å². The fourth-order valence-electron chi connectivity index (χ4n) is 1.48. The van der Waals surface area contributed by atoms with Crippen LogP contribution in [0.25, 0.3) is 0 Å². The lowest BCUT2D eigenvalue weighted by Crippen LogP contribution is -2.44. The molecule has 0 radical (unpaired) electrons. The summed E-state index contributed by atoms with van der Waals surface area (Å²) in [6, 6.07) is 0. The Bertz CT molecular complexity index is 323. The number of carboxylic acid groups (broad SMARTS) is 1. The van der Waals surface area contributed by atoms with Crippen molar-refractivity contribution in [2.75, 3.05) is 13.6 Å². The zero-order valence-corrected chi connectivity index (χ0v) is 12.9. The average molecular weight is 320 g/mol. The summed E-state index contributed by atoms with van der Waals surface area (Å²) in [5.74, 6) is -1.28. The number of halogens is 3. The summed E-state index contributed by atoms with van der Waals surface area (Å²) in [4.78, 5) is 22.5. The first-order chi connectivity index (χ1) is 7.87. The Kier molecular flexibility index (Phi) is 6.20. The minimum Gasteiger partial charge on any atom is -0.478 e. The molecule has 1 aliphatic heterocycles. The van der Waals surface area contributed by atoms with Crippen molar-refractivity contribution in [2.45, 2.75) is 30.7 Å². The Balaban J connectivity index is 0.000000360. The van der Waals surface area contributed by atoms with Crippen LogP contribution < -0.4 is 5.32 Å². The third-order valence-electron chi connectivity index (χ3n) is 2.29. The number of carboxylic acids is 1. The molecule has 1 saturated heterocycles. The van der Waals surface area contributed by atoms with E-state index in [0.29, 0.717) is 6.54 Å². The monoisotopic (exact) mass is 318 g/mol. The molecule has 1 rings (SSSR count). The number of carbonyl (C=O) groups excluding carboxylic acids is 1. The molecule has 0 aliphatic carbocycles. The van der Waals surface area contributed by atoms with Gasteiger partial charge in [-0.25, -0.2) is 4.79 Å². The van der Waals surface area contributed by atoms with Crippen LogP contribution in [0, 0.1) is 5.41 Å². The molecule has 1 heterocycles. The van der Waals surface area contributed by atoms with Crippen LogP contribution in [-0.2, 0) is 9.59 Å². The van der Waals surface area contributed by atoms with Crippen molar-refractivity contribution in [1.29, 1.82) is 0 Å². The minimum absolute atomic E-state index is 0.126. The third-order valence-corrected chi connectivity index (χ3v) is 2.78. The fourth-order valence-corrected chi connectivity index (χ4v) is 1.48. The van der Waals surface area contributed by atoms with E-state index >= 15 is 0 Å². The van der Waals surface area contributed by atoms with E-state index in [1.165, 1.54) is 0 Å². The van der Waals surface area contributed by atoms with Crippen molar-refractivity contribution >= 4 is 46.7 Å². The first-order valence-electron chi connectivity index (χ1n) is 5.16. The lowest BCUT2D eigenvalue weighted by molar-refractivity contribution is -0.136. The maximum absolute atomic E-state index is 11.1. The molecular formula is C10H17Cl3N2O3. The summed E-state index contributed by atoms with van der Waals surface area (Å²) in [7, 11) is 1.85. The molecule has 0 bridgehead atoms. The average Bonchev–Trinajstić information content (AvgIpc) is 2.45. The number of nitrogens with zero attached hydrogens (tertiary/aromatic N) is 1. The summed E-state index contributed by atoms with van der Waals surface area (Å²) in [5.41, 5.74) is 0.126. The van der Waals surface area contributed by atoms with Gasteiger partial charge >= 0.3 is 5.97 Å². The molecule has 8 heteroatoms. The van der Waals surface area contributed by atoms with Gasteiger partial charge in [0.25, 0.3) is 3.79 Å². The number of rotatable bonds is 0. The molecular weight excluding hydrogens is 302 g/mol. The quantitative estimate of drug-likeness (QED) is 0.669. The molecule has 106 valence electrons. The molecule has 1 fully saturated rings. The molecule has 0 aromatic carbocycles. The van der Waals surface area contributed by atoms with Gasteiger partial charge in [0, 0.05) is 7.05 Å². The highest BCUT2D eigenvalue weighted by Crippen LogP contribution is 2.25. The van der Waals surface area contributed by atoms with E-state index < -0.39 is 9.76 Å². The lowest BCUT2D eigenvalue weighted by atomic mass is 9.92. The van der Waals surface area contributed by atoms with E-state index in [0.717, 1.165) is 0 Å². The molecule has 1 aliphatic rings. The largest absolute Gasteiger partial charge is 0.478 e. The second kappa shape index (κ2) is 6.28. The van der Waals surface area contributed by atoms with Crippen molar-refractivity contribution in [3.63, 3.8) is 0 Å². The van der Waals surface area contributed by atoms with Crippen LogP contribution in [0.2, 0.25) is 0 Å². The predicted molar refractivity (Wildman–Crippen MR) is 71.9 cm³/mol. The maximum atomic E-state index is 11.1. The van der Waals surface area contributed by atoms with Crippen molar-refractivity contribution in [3.8, 4) is 0 Å². The number of aliphatic carboxylic acids is 1. The van der Waals surface area contributed by atoms with E-state index in [2.05, 4.69) is 26.1 Å². The minimum atomic E-state index is -2.17. The highest BCUT2D eigenvalue weighted by molar-refractivity contribution is 6.75. The molecule has 18 heavy (non-hydrogen) atoms. The van der Waals surface area contributed by atoms with Crippen molar-refractivity contribution < 1.29 is 14.7 Å². The van der Waals surface area contributed by atoms with Crippen LogP contribution >= 0.6 is 34.8 Å². The van der Waals surface area contributed by atoms with Crippen molar-refractivity contribution in [2.24, 2.45) is 5.41 Å². The Hall–Kier alpha value is -0.230. The third kappa shape index (κ3) is 5.61. The number of nitrogens with one attached hydrogen (secondary N) is 1. The van der Waals surface area contributed by atoms with Crippen molar-refractivity contribution in [3.05, 3.63) is 0 Å². The lowest BCUT2D eigenvalue weighted by Gasteiger charge is -2.32. The number of likely N-dealkylation sites (N-methyl/N-ethyl adjacent to an activating group) is 1. The number of carbonyl (C=O) groups is 2. The standard InChI is InChI=1S/C8H16N2O.C2HCl3O2/c1-8(2,3)7-9-5-6(11)10(7)4;3-2(4,5)1(6)7/h7,9H,5H2,1-4H3;(H,6,7)/t7-;/m0./s1. The van der Waals surface area contributed by atoms with Gasteiger partial charge in [0.2, 0.25) is 5.91 Å². The van der Waals surface area contributed by atoms with Gasteiger partial charge in [0.05, 0.1) is 12.7 Å². The molecule has 0 saturated carbocycles. The summed E-state index contributed by atoms with van der Waals surface area (Å²) < 4.78 is -2.17. The second-order valence-corrected chi connectivity index (χ2v) is 7.24. The summed E-state index contributed by atoms with van der Waals surface area (Å²) in [6.07, 6.45) is 0.190. The Morgan fingerprint density at radius 2 is 1.78 bits per heavy atom. The zero-order valence-electron chi connectivity index (χ0n) is 10.6. The van der Waals surface area contributed by atoms with Gasteiger partial charge in [-0.2, -0.15) is 0 Å². The van der Waals surface area contributed by atoms with Crippen molar-refractivity contribution in [1.82, 2.24) is 10.2 Å². The van der Waals surface area contributed by atoms with E-state index in [9.17, 15) is 9.59 Å². The summed E-state index contributed by atoms with van der Waals surface area (Å²) in [6.45, 7) is 6.86. The summed E-state index contributed by atoms with van der Waals surface area (Å²) in [5, 5.41) is 11.0. The first-order valence-corrected chi connectivity index (χ1v) is 6.30. The highest BCUT2D eigenvalue weighted by Gasteiger charge is 2.35. The smallest absolute Gasteiger partial charge is 0.356 e. The Morgan fingerprint density at radius 3 is 1.89 bits per heavy atom.